The molecule has 0 aliphatic rings. The molecule has 0 aromatic carbocycles. The third kappa shape index (κ3) is 35.1. The van der Waals surface area contributed by atoms with Crippen LogP contribution in [0, 0.1) is 0 Å². The monoisotopic (exact) mass is 154 g/mol. The molecule has 0 heterocycles. The Morgan fingerprint density at radius 2 is 1.33 bits per heavy atom. The Kier molecular flexibility index (Phi) is 7.51. The van der Waals surface area contributed by atoms with Crippen LogP contribution in [0.15, 0.2) is 0 Å². The van der Waals surface area contributed by atoms with Crippen molar-refractivity contribution in [2.75, 3.05) is 0 Å². The zero-order chi connectivity index (χ0) is 4.50. The average molecular weight is 154 g/mol. The summed E-state index contributed by atoms with van der Waals surface area (Å²) in [6.07, 6.45) is 0. The summed E-state index contributed by atoms with van der Waals surface area (Å²) in [5.74, 6) is 0. The van der Waals surface area contributed by atoms with E-state index in [2.05, 4.69) is 11.8 Å². The van der Waals surface area contributed by atoms with E-state index in [4.69, 9.17) is 14.7 Å². The molecule has 6 heavy (non-hydrogen) atoms. The van der Waals surface area contributed by atoms with E-state index in [1.165, 1.54) is 0 Å². The molecule has 0 fully saturated rings. The minimum Gasteiger partial charge on any atom is -1.00 e. The fourth-order valence-corrected chi connectivity index (χ4v) is 0. The van der Waals surface area contributed by atoms with Crippen molar-refractivity contribution in [1.82, 2.24) is 0 Å². The van der Waals surface area contributed by atoms with E-state index in [1.54, 1.807) is 0 Å². The molecular weight excluding hydrogens is 150 g/mol. The molecule has 3 nitrogen and oxygen atoms in total. The van der Waals surface area contributed by atoms with Gasteiger partial charge in [0.25, 0.3) is 0 Å². The van der Waals surface area contributed by atoms with Gasteiger partial charge in [-0.15, -0.1) is 0 Å². The molecule has 3 N–H and O–H groups in total. The second-order valence-corrected chi connectivity index (χ2v) is 3.01. The Morgan fingerprint density at radius 3 is 1.33 bits per heavy atom. The van der Waals surface area contributed by atoms with E-state index in [-0.39, 0.29) is 52.8 Å². The zero-order valence-corrected chi connectivity index (χ0v) is 8.03. The van der Waals surface area contributed by atoms with E-state index in [1.807, 2.05) is 0 Å². The predicted octanol–water partition coefficient (Wildman–Crippen LogP) is -3.70. The maximum absolute atomic E-state index is 7.56. The van der Waals surface area contributed by atoms with Crippen LogP contribution < -0.4 is 51.4 Å². The average Bonchev–Trinajstić information content (AvgIpc) is 0.722. The first-order chi connectivity index (χ1) is 2.00. The van der Waals surface area contributed by atoms with Crippen LogP contribution in [0.2, 0.25) is 0 Å². The van der Waals surface area contributed by atoms with Crippen LogP contribution in [0.3, 0.4) is 0 Å². The first-order valence-corrected chi connectivity index (χ1v) is 3.44. The zero-order valence-electron chi connectivity index (χ0n) is 4.20. The molecule has 6 heteroatoms. The predicted molar refractivity (Wildman–Crippen MR) is 22.1 cm³/mol. The minimum atomic E-state index is -3.81. The van der Waals surface area contributed by atoms with Gasteiger partial charge in [0.05, 0.1) is 0 Å². The third-order valence-electron chi connectivity index (χ3n) is 0. The normalized spacial score (nSPS) is 9.83. The van der Waals surface area contributed by atoms with Gasteiger partial charge >= 0.3 is 58.1 Å². The van der Waals surface area contributed by atoms with Gasteiger partial charge in [-0.3, -0.25) is 0 Å². The fraction of sp³-hybridized carbons (Fsp3) is 0. The number of hydrogen-bond acceptors (Lipinski definition) is 1. The maximum Gasteiger partial charge on any atom is 1.00 e. The van der Waals surface area contributed by atoms with Gasteiger partial charge in [-0.1, -0.05) is 0 Å². The summed E-state index contributed by atoms with van der Waals surface area (Å²) >= 11 is 3.60. The molecule has 0 atom stereocenters. The van der Waals surface area contributed by atoms with Crippen molar-refractivity contribution in [2.45, 2.75) is 0 Å². The summed E-state index contributed by atoms with van der Waals surface area (Å²) in [6, 6.07) is 0. The van der Waals surface area contributed by atoms with Crippen molar-refractivity contribution in [3.63, 3.8) is 0 Å². The van der Waals surface area contributed by atoms with E-state index >= 15 is 0 Å². The van der Waals surface area contributed by atoms with Crippen molar-refractivity contribution in [3.05, 3.63) is 0 Å². The molecule has 0 saturated heterocycles. The maximum atomic E-state index is 7.56. The third-order valence-corrected chi connectivity index (χ3v) is 0. The van der Waals surface area contributed by atoms with E-state index in [0.717, 1.165) is 0 Å². The van der Waals surface area contributed by atoms with Gasteiger partial charge in [0.2, 0.25) is 0 Å². The quantitative estimate of drug-likeness (QED) is 0.248. The Bertz CT molecular complexity index is 61.1. The first kappa shape index (κ1) is 11.0. The summed E-state index contributed by atoms with van der Waals surface area (Å²) in [4.78, 5) is 22.7. The van der Waals surface area contributed by atoms with Crippen LogP contribution in [0.4, 0.5) is 0 Å². The number of hydrogen-bond donors (Lipinski definition) is 3. The molecule has 0 amide bonds. The Morgan fingerprint density at radius 1 is 1.33 bits per heavy atom. The summed E-state index contributed by atoms with van der Waals surface area (Å²) in [6.45, 7) is -3.81. The smallest absolute Gasteiger partial charge is 1.00 e. The summed E-state index contributed by atoms with van der Waals surface area (Å²) in [5, 5.41) is 0. The molecule has 34 valence electrons. The van der Waals surface area contributed by atoms with Gasteiger partial charge in [-0.05, 0) is 11.8 Å². The van der Waals surface area contributed by atoms with Gasteiger partial charge in [-0.2, -0.15) is 0 Å². The molecule has 0 aliphatic carbocycles. The van der Waals surface area contributed by atoms with Crippen LogP contribution in [-0.2, 0) is 11.8 Å². The van der Waals surface area contributed by atoms with Crippen molar-refractivity contribution in [3.8, 4) is 0 Å². The molecule has 0 saturated carbocycles. The van der Waals surface area contributed by atoms with Crippen molar-refractivity contribution in [2.24, 2.45) is 0 Å². The summed E-state index contributed by atoms with van der Waals surface area (Å²) in [7, 11) is 0. The molecule has 0 unspecified atom stereocenters. The molecular formula is H4KO3PS. The van der Waals surface area contributed by atoms with E-state index in [0.29, 0.717) is 0 Å². The molecule has 0 aromatic rings. The van der Waals surface area contributed by atoms with Crippen molar-refractivity contribution in [1.29, 1.82) is 0 Å². The van der Waals surface area contributed by atoms with Crippen LogP contribution in [0.25, 0.3) is 0 Å². The fourth-order valence-electron chi connectivity index (χ4n) is 0. The first-order valence-electron chi connectivity index (χ1n) is 0.783. The van der Waals surface area contributed by atoms with E-state index in [9.17, 15) is 0 Å². The Balaban J connectivity index is -0.0000000800. The van der Waals surface area contributed by atoms with Crippen molar-refractivity contribution >= 4 is 18.5 Å². The van der Waals surface area contributed by atoms with Crippen molar-refractivity contribution < 1.29 is 67.5 Å². The molecule has 0 rings (SSSR count). The van der Waals surface area contributed by atoms with Crippen LogP contribution >= 0.6 is 6.72 Å². The van der Waals surface area contributed by atoms with Gasteiger partial charge < -0.3 is 16.1 Å². The summed E-state index contributed by atoms with van der Waals surface area (Å²) in [5.41, 5.74) is 0. The van der Waals surface area contributed by atoms with Gasteiger partial charge in [0.15, 0.2) is 0 Å². The molecule has 0 radical (unpaired) electrons. The van der Waals surface area contributed by atoms with Gasteiger partial charge in [0.1, 0.15) is 0 Å². The molecule has 0 aromatic heterocycles. The standard InChI is InChI=1S/K.H3O3PS.H/c;1-4(2,3)5;/h;(H3,1,2,3,5);/q+1;;-1. The van der Waals surface area contributed by atoms with Gasteiger partial charge in [0, 0.05) is 0 Å². The second kappa shape index (κ2) is 4.09. The van der Waals surface area contributed by atoms with Crippen LogP contribution in [0.5, 0.6) is 0 Å². The Hall–Kier alpha value is 2.17. The molecule has 0 bridgehead atoms. The van der Waals surface area contributed by atoms with Crippen LogP contribution in [-0.4, -0.2) is 14.7 Å². The molecule has 0 spiro atoms. The second-order valence-electron chi connectivity index (χ2n) is 0.513. The minimum absolute atomic E-state index is 0. The molecule has 0 aliphatic heterocycles. The van der Waals surface area contributed by atoms with E-state index < -0.39 is 6.72 Å². The van der Waals surface area contributed by atoms with Crippen LogP contribution in [0.1, 0.15) is 1.43 Å². The Labute approximate surface area is 84.5 Å². The number of rotatable bonds is 0. The SMILES string of the molecule is OP(O)(O)=S.[H-].[K+]. The summed E-state index contributed by atoms with van der Waals surface area (Å²) < 4.78 is 0. The van der Waals surface area contributed by atoms with Gasteiger partial charge in [-0.25, -0.2) is 0 Å². The largest absolute Gasteiger partial charge is 1.00 e. The topological polar surface area (TPSA) is 60.7 Å².